The normalized spacial score (nSPS) is 10.4. The van der Waals surface area contributed by atoms with Crippen LogP contribution in [-0.4, -0.2) is 32.0 Å². The van der Waals surface area contributed by atoms with Crippen LogP contribution in [0.15, 0.2) is 54.7 Å². The summed E-state index contributed by atoms with van der Waals surface area (Å²) < 4.78 is 48.2. The van der Waals surface area contributed by atoms with Crippen molar-refractivity contribution in [3.63, 3.8) is 0 Å². The lowest BCUT2D eigenvalue weighted by Crippen LogP contribution is -2.28. The van der Waals surface area contributed by atoms with E-state index in [0.717, 1.165) is 0 Å². The molecule has 0 aliphatic heterocycles. The van der Waals surface area contributed by atoms with Crippen molar-refractivity contribution in [3.05, 3.63) is 66.1 Å². The molecule has 0 unspecified atom stereocenters. The number of alkyl halides is 1. The summed E-state index contributed by atoms with van der Waals surface area (Å²) in [5, 5.41) is 0. The van der Waals surface area contributed by atoms with Gasteiger partial charge in [-0.25, -0.2) is 13.8 Å². The minimum absolute atomic E-state index is 0.00894. The van der Waals surface area contributed by atoms with Crippen LogP contribution < -0.4 is 23.8 Å². The molecule has 0 atom stereocenters. The molecule has 1 aromatic heterocycles. The highest BCUT2D eigenvalue weighted by Gasteiger charge is 2.21. The number of aromatic nitrogens is 1. The largest absolute Gasteiger partial charge is 0.497 e. The van der Waals surface area contributed by atoms with Crippen molar-refractivity contribution in [1.29, 1.82) is 0 Å². The molecule has 0 bridgehead atoms. The maximum Gasteiger partial charge on any atom is 0.243 e. The average molecular weight is 444 g/mol. The Balaban J connectivity index is 1.98. The third-order valence-electron chi connectivity index (χ3n) is 4.57. The van der Waals surface area contributed by atoms with Gasteiger partial charge in [-0.05, 0) is 42.5 Å². The molecule has 3 aromatic rings. The number of rotatable bonds is 9. The van der Waals surface area contributed by atoms with E-state index in [1.807, 2.05) is 0 Å². The summed E-state index contributed by atoms with van der Waals surface area (Å²) in [7, 11) is 2.92. The third kappa shape index (κ3) is 5.23. The second-order valence-electron chi connectivity index (χ2n) is 6.56. The number of pyridine rings is 1. The predicted octanol–water partition coefficient (Wildman–Crippen LogP) is 4.89. The van der Waals surface area contributed by atoms with Crippen molar-refractivity contribution in [2.45, 2.75) is 13.5 Å². The zero-order valence-corrected chi connectivity index (χ0v) is 17.8. The van der Waals surface area contributed by atoms with Crippen LogP contribution in [-0.2, 0) is 11.3 Å². The van der Waals surface area contributed by atoms with E-state index in [1.54, 1.807) is 36.4 Å². The van der Waals surface area contributed by atoms with E-state index >= 15 is 0 Å². The maximum atomic E-state index is 14.4. The Labute approximate surface area is 184 Å². The van der Waals surface area contributed by atoms with Crippen LogP contribution in [0.1, 0.15) is 12.5 Å². The molecular weight excluding hydrogens is 422 g/mol. The first-order valence-electron chi connectivity index (χ1n) is 9.57. The highest BCUT2D eigenvalue weighted by atomic mass is 19.1. The SMILES string of the molecule is COc1ccc(Oc2ncccc2N(Cc2cc(OC)ccc2OCF)C(C)=O)c(F)c1. The van der Waals surface area contributed by atoms with Gasteiger partial charge in [-0.1, -0.05) is 0 Å². The van der Waals surface area contributed by atoms with E-state index in [0.29, 0.717) is 22.7 Å². The van der Waals surface area contributed by atoms with Crippen molar-refractivity contribution in [1.82, 2.24) is 4.98 Å². The molecule has 0 N–H and O–H groups in total. The summed E-state index contributed by atoms with van der Waals surface area (Å²) in [6.45, 7) is 0.340. The number of anilines is 1. The molecule has 0 aliphatic rings. The van der Waals surface area contributed by atoms with Gasteiger partial charge >= 0.3 is 0 Å². The van der Waals surface area contributed by atoms with E-state index in [-0.39, 0.29) is 29.8 Å². The van der Waals surface area contributed by atoms with Gasteiger partial charge in [0.2, 0.25) is 18.6 Å². The lowest BCUT2D eigenvalue weighted by atomic mass is 10.1. The van der Waals surface area contributed by atoms with E-state index < -0.39 is 12.7 Å². The monoisotopic (exact) mass is 444 g/mol. The Morgan fingerprint density at radius 3 is 2.34 bits per heavy atom. The summed E-state index contributed by atoms with van der Waals surface area (Å²) in [5.41, 5.74) is 0.798. The number of benzene rings is 2. The average Bonchev–Trinajstić information content (AvgIpc) is 2.80. The van der Waals surface area contributed by atoms with Crippen LogP contribution in [0.25, 0.3) is 0 Å². The van der Waals surface area contributed by atoms with Crippen LogP contribution >= 0.6 is 0 Å². The van der Waals surface area contributed by atoms with Crippen molar-refractivity contribution in [2.24, 2.45) is 0 Å². The minimum Gasteiger partial charge on any atom is -0.497 e. The zero-order valence-electron chi connectivity index (χ0n) is 17.8. The van der Waals surface area contributed by atoms with Crippen LogP contribution in [0, 0.1) is 5.82 Å². The van der Waals surface area contributed by atoms with Gasteiger partial charge in [-0.15, -0.1) is 0 Å². The topological polar surface area (TPSA) is 70.1 Å². The molecule has 9 heteroatoms. The van der Waals surface area contributed by atoms with Gasteiger partial charge < -0.3 is 23.8 Å². The summed E-state index contributed by atoms with van der Waals surface area (Å²) >= 11 is 0. The highest BCUT2D eigenvalue weighted by molar-refractivity contribution is 5.92. The second-order valence-corrected chi connectivity index (χ2v) is 6.56. The van der Waals surface area contributed by atoms with Crippen LogP contribution in [0.3, 0.4) is 0 Å². The molecular formula is C23H22F2N2O5. The Bertz CT molecular complexity index is 1090. The fraction of sp³-hybridized carbons (Fsp3) is 0.217. The number of hydrogen-bond acceptors (Lipinski definition) is 6. The summed E-state index contributed by atoms with van der Waals surface area (Å²) in [5.74, 6) is 0.0400. The number of methoxy groups -OCH3 is 2. The van der Waals surface area contributed by atoms with E-state index in [2.05, 4.69) is 4.98 Å². The van der Waals surface area contributed by atoms with Gasteiger partial charge in [-0.3, -0.25) is 4.79 Å². The molecule has 2 aromatic carbocycles. The van der Waals surface area contributed by atoms with E-state index in [9.17, 15) is 13.6 Å². The molecule has 0 fully saturated rings. The van der Waals surface area contributed by atoms with Gasteiger partial charge in [0.25, 0.3) is 0 Å². The van der Waals surface area contributed by atoms with Gasteiger partial charge in [0, 0.05) is 24.8 Å². The Hall–Kier alpha value is -3.88. The number of carbonyl (C=O) groups excluding carboxylic acids is 1. The minimum atomic E-state index is -1.03. The fourth-order valence-corrected chi connectivity index (χ4v) is 3.00. The number of amides is 1. The number of carbonyl (C=O) groups is 1. The molecule has 7 nitrogen and oxygen atoms in total. The molecule has 1 heterocycles. The second kappa shape index (κ2) is 10.4. The molecule has 0 aliphatic carbocycles. The third-order valence-corrected chi connectivity index (χ3v) is 4.57. The molecule has 168 valence electrons. The first-order valence-corrected chi connectivity index (χ1v) is 9.57. The van der Waals surface area contributed by atoms with Crippen molar-refractivity contribution < 1.29 is 32.5 Å². The lowest BCUT2D eigenvalue weighted by molar-refractivity contribution is -0.116. The smallest absolute Gasteiger partial charge is 0.243 e. The summed E-state index contributed by atoms with van der Waals surface area (Å²) in [6.07, 6.45) is 1.46. The van der Waals surface area contributed by atoms with Crippen LogP contribution in [0.2, 0.25) is 0 Å². The molecule has 1 amide bonds. The van der Waals surface area contributed by atoms with Crippen LogP contribution in [0.4, 0.5) is 14.5 Å². The molecule has 3 rings (SSSR count). The molecule has 32 heavy (non-hydrogen) atoms. The van der Waals surface area contributed by atoms with Crippen molar-refractivity contribution in [3.8, 4) is 28.9 Å². The molecule has 0 spiro atoms. The standard InChI is InChI=1S/C23H22F2N2O5/c1-15(28)27(13-16-11-17(29-2)6-8-21(16)31-14-24)20-5-4-10-26-23(20)32-22-9-7-18(30-3)12-19(22)25/h4-12H,13-14H2,1-3H3. The van der Waals surface area contributed by atoms with Crippen molar-refractivity contribution >= 4 is 11.6 Å². The molecule has 0 saturated carbocycles. The molecule has 0 radical (unpaired) electrons. The summed E-state index contributed by atoms with van der Waals surface area (Å²) in [4.78, 5) is 18.1. The summed E-state index contributed by atoms with van der Waals surface area (Å²) in [6, 6.07) is 12.2. The van der Waals surface area contributed by atoms with Gasteiger partial charge in [-0.2, -0.15) is 0 Å². The van der Waals surface area contributed by atoms with Gasteiger partial charge in [0.15, 0.2) is 11.6 Å². The van der Waals surface area contributed by atoms with Crippen LogP contribution in [0.5, 0.6) is 28.9 Å². The molecule has 0 saturated heterocycles. The zero-order chi connectivity index (χ0) is 23.1. The van der Waals surface area contributed by atoms with E-state index in [1.165, 1.54) is 44.4 Å². The highest BCUT2D eigenvalue weighted by Crippen LogP contribution is 2.35. The van der Waals surface area contributed by atoms with E-state index in [4.69, 9.17) is 18.9 Å². The predicted molar refractivity (Wildman–Crippen MR) is 114 cm³/mol. The first-order chi connectivity index (χ1) is 15.5. The lowest BCUT2D eigenvalue weighted by Gasteiger charge is -2.24. The number of nitrogens with zero attached hydrogens (tertiary/aromatic N) is 2. The van der Waals surface area contributed by atoms with Gasteiger partial charge in [0.05, 0.1) is 20.8 Å². The Morgan fingerprint density at radius 2 is 1.72 bits per heavy atom. The Morgan fingerprint density at radius 1 is 1.03 bits per heavy atom. The maximum absolute atomic E-state index is 14.4. The Kier molecular flexibility index (Phi) is 7.43. The number of halogens is 2. The quantitative estimate of drug-likeness (QED) is 0.468. The number of ether oxygens (including phenoxy) is 4. The van der Waals surface area contributed by atoms with Gasteiger partial charge in [0.1, 0.15) is 22.9 Å². The van der Waals surface area contributed by atoms with Crippen molar-refractivity contribution in [2.75, 3.05) is 26.0 Å². The first kappa shape index (κ1) is 22.8. The number of hydrogen-bond donors (Lipinski definition) is 0. The fourth-order valence-electron chi connectivity index (χ4n) is 3.00.